The lowest BCUT2D eigenvalue weighted by Gasteiger charge is -2.19. The number of hydrogen-bond acceptors (Lipinski definition) is 2. The molecule has 0 unspecified atom stereocenters. The van der Waals surface area contributed by atoms with Gasteiger partial charge in [0.1, 0.15) is 0 Å². The van der Waals surface area contributed by atoms with Gasteiger partial charge < -0.3 is 15.0 Å². The summed E-state index contributed by atoms with van der Waals surface area (Å²) in [6.45, 7) is 7.02. The Morgan fingerprint density at radius 3 is 2.67 bits per heavy atom. The maximum atomic E-state index is 12.0. The molecule has 0 saturated heterocycles. The third kappa shape index (κ3) is 7.14. The Balaban J connectivity index is 2.18. The molecule has 0 aromatic heterocycles. The van der Waals surface area contributed by atoms with Crippen LogP contribution in [0.4, 0.5) is 4.79 Å². The zero-order valence-electron chi connectivity index (χ0n) is 13.5. The molecule has 0 radical (unpaired) electrons. The van der Waals surface area contributed by atoms with Crippen LogP contribution in [0.1, 0.15) is 37.3 Å². The minimum absolute atomic E-state index is 0.0354. The number of carbonyl (C=O) groups excluding carboxylic acids is 1. The second kappa shape index (κ2) is 10.2. The van der Waals surface area contributed by atoms with Gasteiger partial charge in [-0.3, -0.25) is 0 Å². The third-order valence-corrected chi connectivity index (χ3v) is 3.40. The molecule has 0 aliphatic carbocycles. The van der Waals surface area contributed by atoms with Crippen LogP contribution < -0.4 is 5.32 Å². The zero-order chi connectivity index (χ0) is 15.5. The van der Waals surface area contributed by atoms with Crippen LogP contribution >= 0.6 is 0 Å². The van der Waals surface area contributed by atoms with Crippen molar-refractivity contribution < 1.29 is 9.53 Å². The molecule has 0 saturated carbocycles. The van der Waals surface area contributed by atoms with Crippen molar-refractivity contribution in [3.05, 3.63) is 35.4 Å². The SMILES string of the molecule is CCCCOCCCNC(=O)N(C)Cc1ccccc1C. The van der Waals surface area contributed by atoms with Gasteiger partial charge >= 0.3 is 6.03 Å². The van der Waals surface area contributed by atoms with Crippen molar-refractivity contribution in [3.63, 3.8) is 0 Å². The van der Waals surface area contributed by atoms with E-state index in [0.717, 1.165) is 25.9 Å². The highest BCUT2D eigenvalue weighted by Gasteiger charge is 2.09. The molecule has 1 aromatic rings. The largest absolute Gasteiger partial charge is 0.381 e. The molecule has 21 heavy (non-hydrogen) atoms. The average Bonchev–Trinajstić information content (AvgIpc) is 2.48. The number of aryl methyl sites for hydroxylation is 1. The summed E-state index contributed by atoms with van der Waals surface area (Å²) in [7, 11) is 1.82. The van der Waals surface area contributed by atoms with Crippen LogP contribution in [-0.2, 0) is 11.3 Å². The van der Waals surface area contributed by atoms with Crippen LogP contribution in [0.3, 0.4) is 0 Å². The normalized spacial score (nSPS) is 10.4. The Hall–Kier alpha value is -1.55. The topological polar surface area (TPSA) is 41.6 Å². The fourth-order valence-electron chi connectivity index (χ4n) is 1.97. The molecule has 4 nitrogen and oxygen atoms in total. The molecule has 4 heteroatoms. The summed E-state index contributed by atoms with van der Waals surface area (Å²) >= 11 is 0. The Morgan fingerprint density at radius 1 is 1.24 bits per heavy atom. The number of unbranched alkanes of at least 4 members (excludes halogenated alkanes) is 1. The lowest BCUT2D eigenvalue weighted by Crippen LogP contribution is -2.37. The second-order valence-corrected chi connectivity index (χ2v) is 5.33. The number of rotatable bonds is 9. The number of benzene rings is 1. The van der Waals surface area contributed by atoms with Crippen LogP contribution in [-0.4, -0.2) is 37.7 Å². The lowest BCUT2D eigenvalue weighted by atomic mass is 10.1. The molecule has 2 amide bonds. The highest BCUT2D eigenvalue weighted by Crippen LogP contribution is 2.09. The smallest absolute Gasteiger partial charge is 0.317 e. The summed E-state index contributed by atoms with van der Waals surface area (Å²) < 4.78 is 5.46. The monoisotopic (exact) mass is 292 g/mol. The van der Waals surface area contributed by atoms with E-state index >= 15 is 0 Å². The first-order valence-corrected chi connectivity index (χ1v) is 7.76. The molecule has 0 heterocycles. The fraction of sp³-hybridized carbons (Fsp3) is 0.588. The predicted molar refractivity (Wildman–Crippen MR) is 86.4 cm³/mol. The molecule has 0 aliphatic heterocycles. The van der Waals surface area contributed by atoms with Gasteiger partial charge in [0.2, 0.25) is 0 Å². The quantitative estimate of drug-likeness (QED) is 0.709. The number of ether oxygens (including phenoxy) is 1. The Bertz CT molecular complexity index is 421. The first-order valence-electron chi connectivity index (χ1n) is 7.76. The maximum Gasteiger partial charge on any atom is 0.317 e. The molecule has 1 rings (SSSR count). The summed E-state index contributed by atoms with van der Waals surface area (Å²) in [6, 6.07) is 8.10. The van der Waals surface area contributed by atoms with E-state index in [1.165, 1.54) is 11.1 Å². The summed E-state index contributed by atoms with van der Waals surface area (Å²) in [6.07, 6.45) is 3.11. The van der Waals surface area contributed by atoms with E-state index in [9.17, 15) is 4.79 Å². The summed E-state index contributed by atoms with van der Waals surface area (Å²) in [5, 5.41) is 2.92. The molecule has 0 aliphatic rings. The van der Waals surface area contributed by atoms with E-state index in [1.54, 1.807) is 4.90 Å². The molecule has 0 bridgehead atoms. The summed E-state index contributed by atoms with van der Waals surface area (Å²) in [4.78, 5) is 13.7. The van der Waals surface area contributed by atoms with Gasteiger partial charge in [0, 0.05) is 33.4 Å². The van der Waals surface area contributed by atoms with Crippen molar-refractivity contribution >= 4 is 6.03 Å². The van der Waals surface area contributed by atoms with Crippen molar-refractivity contribution in [3.8, 4) is 0 Å². The van der Waals surface area contributed by atoms with E-state index in [2.05, 4.69) is 31.3 Å². The predicted octanol–water partition coefficient (Wildman–Crippen LogP) is 3.34. The van der Waals surface area contributed by atoms with Gasteiger partial charge in [0.15, 0.2) is 0 Å². The minimum Gasteiger partial charge on any atom is -0.381 e. The number of hydrogen-bond donors (Lipinski definition) is 1. The summed E-state index contributed by atoms with van der Waals surface area (Å²) in [5.41, 5.74) is 2.39. The second-order valence-electron chi connectivity index (χ2n) is 5.33. The van der Waals surface area contributed by atoms with Crippen LogP contribution in [0.25, 0.3) is 0 Å². The number of amides is 2. The Labute approximate surface area is 128 Å². The first kappa shape index (κ1) is 17.5. The number of carbonyl (C=O) groups is 1. The zero-order valence-corrected chi connectivity index (χ0v) is 13.5. The van der Waals surface area contributed by atoms with E-state index in [-0.39, 0.29) is 6.03 Å². The summed E-state index contributed by atoms with van der Waals surface area (Å²) in [5.74, 6) is 0. The molecular formula is C17H28N2O2. The number of nitrogens with one attached hydrogen (secondary N) is 1. The van der Waals surface area contributed by atoms with Crippen molar-refractivity contribution in [1.82, 2.24) is 10.2 Å². The van der Waals surface area contributed by atoms with E-state index in [4.69, 9.17) is 4.74 Å². The van der Waals surface area contributed by atoms with Gasteiger partial charge in [-0.2, -0.15) is 0 Å². The Kier molecular flexibility index (Phi) is 8.51. The number of nitrogens with zero attached hydrogens (tertiary/aromatic N) is 1. The van der Waals surface area contributed by atoms with E-state index < -0.39 is 0 Å². The molecule has 1 N–H and O–H groups in total. The first-order chi connectivity index (χ1) is 10.1. The lowest BCUT2D eigenvalue weighted by molar-refractivity contribution is 0.128. The van der Waals surface area contributed by atoms with Gasteiger partial charge in [0.05, 0.1) is 0 Å². The van der Waals surface area contributed by atoms with Crippen LogP contribution in [0.15, 0.2) is 24.3 Å². The standard InChI is InChI=1S/C17H28N2O2/c1-4-5-12-21-13-8-11-18-17(20)19(3)14-16-10-7-6-9-15(16)2/h6-7,9-10H,4-5,8,11-14H2,1-3H3,(H,18,20). The fourth-order valence-corrected chi connectivity index (χ4v) is 1.97. The molecule has 0 spiro atoms. The van der Waals surface area contributed by atoms with Crippen LogP contribution in [0.5, 0.6) is 0 Å². The van der Waals surface area contributed by atoms with Crippen molar-refractivity contribution in [2.24, 2.45) is 0 Å². The highest BCUT2D eigenvalue weighted by atomic mass is 16.5. The van der Waals surface area contributed by atoms with Crippen LogP contribution in [0, 0.1) is 6.92 Å². The van der Waals surface area contributed by atoms with Crippen molar-refractivity contribution in [1.29, 1.82) is 0 Å². The highest BCUT2D eigenvalue weighted by molar-refractivity contribution is 5.73. The van der Waals surface area contributed by atoms with Gasteiger partial charge in [-0.25, -0.2) is 4.79 Å². The van der Waals surface area contributed by atoms with Gasteiger partial charge in [0.25, 0.3) is 0 Å². The van der Waals surface area contributed by atoms with Crippen LogP contribution in [0.2, 0.25) is 0 Å². The third-order valence-electron chi connectivity index (χ3n) is 3.40. The van der Waals surface area contributed by atoms with E-state index in [1.807, 2.05) is 19.2 Å². The van der Waals surface area contributed by atoms with E-state index in [0.29, 0.717) is 19.7 Å². The Morgan fingerprint density at radius 2 is 1.95 bits per heavy atom. The molecule has 1 aromatic carbocycles. The van der Waals surface area contributed by atoms with Crippen molar-refractivity contribution in [2.45, 2.75) is 39.7 Å². The molecule has 0 atom stereocenters. The molecule has 0 fully saturated rings. The molecule has 118 valence electrons. The average molecular weight is 292 g/mol. The van der Waals surface area contributed by atoms with Gasteiger partial charge in [-0.15, -0.1) is 0 Å². The maximum absolute atomic E-state index is 12.0. The minimum atomic E-state index is -0.0354. The van der Waals surface area contributed by atoms with Crippen molar-refractivity contribution in [2.75, 3.05) is 26.8 Å². The molecular weight excluding hydrogens is 264 g/mol. The van der Waals surface area contributed by atoms with Gasteiger partial charge in [-0.05, 0) is 30.9 Å². The number of urea groups is 1. The van der Waals surface area contributed by atoms with Gasteiger partial charge in [-0.1, -0.05) is 37.6 Å².